The molecular weight excluding hydrogens is 591 g/mol. The van der Waals surface area contributed by atoms with Gasteiger partial charge in [0, 0.05) is 17.3 Å². The monoisotopic (exact) mass is 610 g/mol. The molecule has 0 aliphatic rings. The number of aromatic nitrogens is 1. The van der Waals surface area contributed by atoms with Crippen LogP contribution in [0.15, 0.2) is 88.1 Å². The molecule has 0 unspecified atom stereocenters. The van der Waals surface area contributed by atoms with Crippen LogP contribution in [0.1, 0.15) is 5.56 Å². The normalized spacial score (nSPS) is 11.7. The highest BCUT2D eigenvalue weighted by Crippen LogP contribution is 2.35. The minimum absolute atomic E-state index is 0.0278. The van der Waals surface area contributed by atoms with Gasteiger partial charge in [0.1, 0.15) is 6.54 Å². The van der Waals surface area contributed by atoms with Crippen molar-refractivity contribution in [3.05, 3.63) is 93.9 Å². The Bertz CT molecular complexity index is 1660. The summed E-state index contributed by atoms with van der Waals surface area (Å²) in [5, 5.41) is 4.53. The molecule has 3 aromatic carbocycles. The summed E-state index contributed by atoms with van der Waals surface area (Å²) in [6, 6.07) is 16.0. The number of thiazole rings is 1. The van der Waals surface area contributed by atoms with Crippen LogP contribution in [0.2, 0.25) is 10.0 Å². The van der Waals surface area contributed by atoms with E-state index in [0.717, 1.165) is 21.2 Å². The third kappa shape index (κ3) is 6.27. The number of hydrogen-bond acceptors (Lipinski definition) is 7. The lowest BCUT2D eigenvalue weighted by molar-refractivity contribution is -0.114. The lowest BCUT2D eigenvalue weighted by atomic mass is 10.2. The second-order valence-electron chi connectivity index (χ2n) is 7.91. The molecule has 0 fully saturated rings. The molecule has 0 aliphatic carbocycles. The van der Waals surface area contributed by atoms with Crippen molar-refractivity contribution in [1.29, 1.82) is 0 Å². The molecule has 0 bridgehead atoms. The number of hydrogen-bond donors (Lipinski definition) is 2. The molecule has 2 N–H and O–H groups in total. The van der Waals surface area contributed by atoms with E-state index in [1.807, 2.05) is 6.92 Å². The first kappa shape index (κ1) is 27.9. The number of anilines is 3. The van der Waals surface area contributed by atoms with Crippen LogP contribution in [-0.4, -0.2) is 34.3 Å². The van der Waals surface area contributed by atoms with E-state index in [-0.39, 0.29) is 36.3 Å². The largest absolute Gasteiger partial charge is 0.325 e. The van der Waals surface area contributed by atoms with Crippen LogP contribution < -0.4 is 14.3 Å². The molecule has 1 heterocycles. The molecule has 0 saturated heterocycles. The molecule has 14 heteroatoms. The van der Waals surface area contributed by atoms with E-state index in [2.05, 4.69) is 15.0 Å². The van der Waals surface area contributed by atoms with Crippen molar-refractivity contribution in [2.75, 3.05) is 20.9 Å². The van der Waals surface area contributed by atoms with E-state index < -0.39 is 32.5 Å². The molecule has 4 aromatic rings. The lowest BCUT2D eigenvalue weighted by Gasteiger charge is -2.25. The van der Waals surface area contributed by atoms with E-state index >= 15 is 0 Å². The van der Waals surface area contributed by atoms with Gasteiger partial charge in [0.2, 0.25) is 5.91 Å². The fourth-order valence-electron chi connectivity index (χ4n) is 3.32. The van der Waals surface area contributed by atoms with Gasteiger partial charge >= 0.3 is 0 Å². The van der Waals surface area contributed by atoms with Crippen molar-refractivity contribution in [1.82, 2.24) is 4.98 Å². The molecule has 0 saturated carbocycles. The molecule has 1 amide bonds. The summed E-state index contributed by atoms with van der Waals surface area (Å²) in [6.07, 6.45) is 1.47. The number of carbonyl (C=O) groups excluding carboxylic acids is 1. The number of nitrogens with zero attached hydrogens (tertiary/aromatic N) is 2. The van der Waals surface area contributed by atoms with Crippen molar-refractivity contribution in [3.63, 3.8) is 0 Å². The number of aryl methyl sites for hydroxylation is 1. The first-order valence-electron chi connectivity index (χ1n) is 10.8. The summed E-state index contributed by atoms with van der Waals surface area (Å²) in [4.78, 5) is 16.8. The number of nitrogens with one attached hydrogen (secondary N) is 2. The van der Waals surface area contributed by atoms with Gasteiger partial charge in [-0.25, -0.2) is 21.8 Å². The summed E-state index contributed by atoms with van der Waals surface area (Å²) < 4.78 is 55.4. The fraction of sp³-hybridized carbons (Fsp3) is 0.0833. The molecule has 198 valence electrons. The Kier molecular flexibility index (Phi) is 8.28. The van der Waals surface area contributed by atoms with Crippen molar-refractivity contribution in [3.8, 4) is 0 Å². The average Bonchev–Trinajstić information content (AvgIpc) is 3.37. The zero-order valence-electron chi connectivity index (χ0n) is 19.6. The van der Waals surface area contributed by atoms with Gasteiger partial charge in [0.15, 0.2) is 5.13 Å². The predicted octanol–water partition coefficient (Wildman–Crippen LogP) is 5.39. The number of rotatable bonds is 9. The SMILES string of the molecule is Cc1ccc(S(=O)(=O)N(CC(=O)Nc2ccc(S(=O)(=O)Nc3nccs3)cc2)c2cccc(Cl)c2Cl)cc1. The highest BCUT2D eigenvalue weighted by Gasteiger charge is 2.29. The molecule has 38 heavy (non-hydrogen) atoms. The first-order chi connectivity index (χ1) is 18.0. The van der Waals surface area contributed by atoms with Crippen molar-refractivity contribution in [2.45, 2.75) is 16.7 Å². The van der Waals surface area contributed by atoms with Gasteiger partial charge in [-0.1, -0.05) is 47.0 Å². The molecule has 0 aliphatic heterocycles. The lowest BCUT2D eigenvalue weighted by Crippen LogP contribution is -2.38. The maximum atomic E-state index is 13.5. The van der Waals surface area contributed by atoms with Gasteiger partial charge < -0.3 is 5.32 Å². The van der Waals surface area contributed by atoms with Crippen LogP contribution in [-0.2, 0) is 24.8 Å². The minimum atomic E-state index is -4.21. The Labute approximate surface area is 234 Å². The first-order valence-corrected chi connectivity index (χ1v) is 15.4. The molecule has 9 nitrogen and oxygen atoms in total. The number of benzene rings is 3. The van der Waals surface area contributed by atoms with Crippen LogP contribution in [0.25, 0.3) is 0 Å². The summed E-state index contributed by atoms with van der Waals surface area (Å²) >= 11 is 13.6. The number of sulfonamides is 2. The summed E-state index contributed by atoms with van der Waals surface area (Å²) in [7, 11) is -8.09. The van der Waals surface area contributed by atoms with E-state index in [0.29, 0.717) is 0 Å². The van der Waals surface area contributed by atoms with Gasteiger partial charge in [-0.2, -0.15) is 0 Å². The zero-order valence-corrected chi connectivity index (χ0v) is 23.6. The second-order valence-corrected chi connectivity index (χ2v) is 13.1. The fourth-order valence-corrected chi connectivity index (χ4v) is 6.99. The zero-order chi connectivity index (χ0) is 27.5. The van der Waals surface area contributed by atoms with Crippen LogP contribution in [0.3, 0.4) is 0 Å². The van der Waals surface area contributed by atoms with Gasteiger partial charge in [0.25, 0.3) is 20.0 Å². The molecule has 4 rings (SSSR count). The van der Waals surface area contributed by atoms with Gasteiger partial charge in [-0.15, -0.1) is 11.3 Å². The molecule has 1 aromatic heterocycles. The van der Waals surface area contributed by atoms with Gasteiger partial charge in [0.05, 0.1) is 25.5 Å². The Morgan fingerprint density at radius 2 is 1.61 bits per heavy atom. The third-order valence-corrected chi connectivity index (χ3v) is 9.95. The van der Waals surface area contributed by atoms with E-state index in [1.54, 1.807) is 17.5 Å². The Morgan fingerprint density at radius 3 is 2.24 bits per heavy atom. The number of halogens is 2. The van der Waals surface area contributed by atoms with Gasteiger partial charge in [-0.3, -0.25) is 13.8 Å². The number of amides is 1. The highest BCUT2D eigenvalue weighted by molar-refractivity contribution is 7.93. The van der Waals surface area contributed by atoms with E-state index in [4.69, 9.17) is 23.2 Å². The Hall–Kier alpha value is -3.16. The summed E-state index contributed by atoms with van der Waals surface area (Å²) in [5.74, 6) is -0.687. The summed E-state index contributed by atoms with van der Waals surface area (Å²) in [6.45, 7) is 1.20. The maximum absolute atomic E-state index is 13.5. The molecule has 0 atom stereocenters. The van der Waals surface area contributed by atoms with Crippen molar-refractivity contribution >= 4 is 77.0 Å². The average molecular weight is 612 g/mol. The standard InChI is InChI=1S/C24H20Cl2N4O5S3/c1-16-5-9-19(10-6-16)38(34,35)30(21-4-2-3-20(25)23(21)26)15-22(31)28-17-7-11-18(12-8-17)37(32,33)29-24-27-13-14-36-24/h2-14H,15H2,1H3,(H,27,29)(H,28,31). The van der Waals surface area contributed by atoms with Crippen molar-refractivity contribution in [2.24, 2.45) is 0 Å². The topological polar surface area (TPSA) is 126 Å². The van der Waals surface area contributed by atoms with Crippen molar-refractivity contribution < 1.29 is 21.6 Å². The van der Waals surface area contributed by atoms with Gasteiger partial charge in [-0.05, 0) is 55.5 Å². The Morgan fingerprint density at radius 1 is 0.947 bits per heavy atom. The molecule has 0 radical (unpaired) electrons. The second kappa shape index (κ2) is 11.3. The van der Waals surface area contributed by atoms with E-state index in [1.165, 1.54) is 60.8 Å². The third-order valence-electron chi connectivity index (χ3n) is 5.20. The van der Waals surface area contributed by atoms with E-state index in [9.17, 15) is 21.6 Å². The van der Waals surface area contributed by atoms with Crippen LogP contribution in [0, 0.1) is 6.92 Å². The maximum Gasteiger partial charge on any atom is 0.264 e. The molecular formula is C24H20Cl2N4O5S3. The highest BCUT2D eigenvalue weighted by atomic mass is 35.5. The quantitative estimate of drug-likeness (QED) is 0.261. The molecule has 0 spiro atoms. The predicted molar refractivity (Wildman–Crippen MR) is 150 cm³/mol. The Balaban J connectivity index is 1.57. The summed E-state index contributed by atoms with van der Waals surface area (Å²) in [5.41, 5.74) is 1.15. The van der Waals surface area contributed by atoms with Crippen LogP contribution in [0.5, 0.6) is 0 Å². The van der Waals surface area contributed by atoms with Crippen LogP contribution in [0.4, 0.5) is 16.5 Å². The minimum Gasteiger partial charge on any atom is -0.325 e. The smallest absolute Gasteiger partial charge is 0.264 e. The number of carbonyl (C=O) groups is 1. The van der Waals surface area contributed by atoms with Crippen LogP contribution >= 0.6 is 34.5 Å².